The maximum absolute atomic E-state index is 13.1. The number of aryl methyl sites for hydroxylation is 2. The average molecular weight is 438 g/mol. The number of aromatic nitrogens is 3. The lowest BCUT2D eigenvalue weighted by Gasteiger charge is -2.30. The maximum atomic E-state index is 13.1. The molecule has 160 valence electrons. The van der Waals surface area contributed by atoms with E-state index in [1.807, 2.05) is 42.8 Å². The zero-order valence-corrected chi connectivity index (χ0v) is 18.2. The van der Waals surface area contributed by atoms with Gasteiger partial charge in [-0.25, -0.2) is 4.68 Å². The lowest BCUT2D eigenvalue weighted by atomic mass is 10.2. The Morgan fingerprint density at radius 3 is 2.84 bits per heavy atom. The van der Waals surface area contributed by atoms with Crippen LogP contribution >= 0.6 is 11.3 Å². The van der Waals surface area contributed by atoms with Crippen molar-refractivity contribution in [3.05, 3.63) is 51.8 Å². The first-order valence-electron chi connectivity index (χ1n) is 10.2. The maximum Gasteiger partial charge on any atom is 0.291 e. The molecule has 1 saturated heterocycles. The van der Waals surface area contributed by atoms with Crippen LogP contribution in [0.2, 0.25) is 0 Å². The number of nitrogens with zero attached hydrogens (tertiary/aromatic N) is 4. The summed E-state index contributed by atoms with van der Waals surface area (Å²) < 4.78 is 9.59. The van der Waals surface area contributed by atoms with Crippen LogP contribution in [-0.4, -0.2) is 46.6 Å². The zero-order chi connectivity index (χ0) is 21.5. The first-order valence-corrected chi connectivity index (χ1v) is 11.0. The number of hydrogen-bond donors (Lipinski definition) is 1. The topological polar surface area (TPSA) is 81.4 Å². The molecule has 0 bridgehead atoms. The van der Waals surface area contributed by atoms with Crippen molar-refractivity contribution < 1.29 is 9.53 Å². The van der Waals surface area contributed by atoms with E-state index in [1.165, 1.54) is 9.56 Å². The van der Waals surface area contributed by atoms with E-state index in [1.54, 1.807) is 17.5 Å². The summed E-state index contributed by atoms with van der Waals surface area (Å²) in [5.74, 6) is -0.290. The van der Waals surface area contributed by atoms with Gasteiger partial charge in [-0.2, -0.15) is 5.10 Å². The molecule has 5 rings (SSSR count). The van der Waals surface area contributed by atoms with Crippen LogP contribution < -0.4 is 15.8 Å². The van der Waals surface area contributed by atoms with E-state index >= 15 is 0 Å². The summed E-state index contributed by atoms with van der Waals surface area (Å²) in [6.07, 6.45) is 1.68. The summed E-state index contributed by atoms with van der Waals surface area (Å²) in [7, 11) is 1.88. The number of fused-ring (bicyclic) bond motifs is 3. The normalized spacial score (nSPS) is 14.5. The highest BCUT2D eigenvalue weighted by Crippen LogP contribution is 2.32. The highest BCUT2D eigenvalue weighted by molar-refractivity contribution is 7.20. The van der Waals surface area contributed by atoms with E-state index in [2.05, 4.69) is 21.4 Å². The Morgan fingerprint density at radius 1 is 1.26 bits per heavy atom. The minimum atomic E-state index is -0.290. The molecule has 1 aliphatic heterocycles. The molecule has 8 nitrogen and oxygen atoms in total. The highest BCUT2D eigenvalue weighted by atomic mass is 32.1. The first kappa shape index (κ1) is 19.8. The smallest absolute Gasteiger partial charge is 0.291 e. The van der Waals surface area contributed by atoms with Gasteiger partial charge in [-0.1, -0.05) is 12.1 Å². The minimum absolute atomic E-state index is 0.149. The van der Waals surface area contributed by atoms with Crippen LogP contribution in [0.4, 0.5) is 11.4 Å². The minimum Gasteiger partial charge on any atom is -0.378 e. The number of hydrogen-bond acceptors (Lipinski definition) is 6. The molecule has 4 heterocycles. The fraction of sp³-hybridized carbons (Fsp3) is 0.318. The standard InChI is InChI=1S/C22H23N5O3S/c1-14-11-18-21(31-14)15-12-23-27(22(29)20(15)25(18)2)13-19(28)24-16-5-3-4-6-17(16)26-7-9-30-10-8-26/h3-6,11-12H,7-10,13H2,1-2H3,(H,24,28). The number of nitrogens with one attached hydrogen (secondary N) is 1. The summed E-state index contributed by atoms with van der Waals surface area (Å²) in [5, 5.41) is 8.06. The van der Waals surface area contributed by atoms with Crippen LogP contribution in [0.1, 0.15) is 4.88 Å². The molecule has 3 aromatic heterocycles. The fourth-order valence-electron chi connectivity index (χ4n) is 4.13. The quantitative estimate of drug-likeness (QED) is 0.531. The molecular formula is C22H23N5O3S. The van der Waals surface area contributed by atoms with Gasteiger partial charge in [-0.15, -0.1) is 11.3 Å². The predicted molar refractivity (Wildman–Crippen MR) is 123 cm³/mol. The van der Waals surface area contributed by atoms with Gasteiger partial charge in [-0.3, -0.25) is 9.59 Å². The summed E-state index contributed by atoms with van der Waals surface area (Å²) in [6.45, 7) is 4.77. The molecule has 1 amide bonds. The van der Waals surface area contributed by atoms with E-state index in [0.717, 1.165) is 40.1 Å². The second-order valence-corrected chi connectivity index (χ2v) is 8.92. The van der Waals surface area contributed by atoms with Crippen LogP contribution in [0.3, 0.4) is 0 Å². The Labute approximate surface area is 182 Å². The number of morpholine rings is 1. The molecule has 0 aliphatic carbocycles. The van der Waals surface area contributed by atoms with Crippen molar-refractivity contribution in [2.24, 2.45) is 7.05 Å². The Kier molecular flexibility index (Phi) is 4.99. The van der Waals surface area contributed by atoms with Crippen molar-refractivity contribution in [1.29, 1.82) is 0 Å². The van der Waals surface area contributed by atoms with E-state index in [9.17, 15) is 9.59 Å². The monoisotopic (exact) mass is 437 g/mol. The molecule has 0 atom stereocenters. The molecule has 1 N–H and O–H groups in total. The van der Waals surface area contributed by atoms with E-state index < -0.39 is 0 Å². The number of amides is 1. The average Bonchev–Trinajstić information content (AvgIpc) is 3.28. The Hall–Kier alpha value is -3.17. The van der Waals surface area contributed by atoms with Crippen molar-refractivity contribution in [1.82, 2.24) is 14.3 Å². The van der Waals surface area contributed by atoms with Crippen LogP contribution in [-0.2, 0) is 23.1 Å². The third-order valence-corrected chi connectivity index (χ3v) is 6.69. The summed E-state index contributed by atoms with van der Waals surface area (Å²) in [5.41, 5.74) is 2.99. The fourth-order valence-corrected chi connectivity index (χ4v) is 5.18. The molecule has 1 aromatic carbocycles. The highest BCUT2D eigenvalue weighted by Gasteiger charge is 2.19. The van der Waals surface area contributed by atoms with E-state index in [0.29, 0.717) is 18.7 Å². The van der Waals surface area contributed by atoms with Gasteiger partial charge < -0.3 is 19.5 Å². The zero-order valence-electron chi connectivity index (χ0n) is 17.4. The molecule has 31 heavy (non-hydrogen) atoms. The van der Waals surface area contributed by atoms with Crippen LogP contribution in [0, 0.1) is 6.92 Å². The van der Waals surface area contributed by atoms with E-state index in [4.69, 9.17) is 4.74 Å². The number of anilines is 2. The second kappa shape index (κ2) is 7.82. The first-order chi connectivity index (χ1) is 15.0. The number of ether oxygens (including phenoxy) is 1. The van der Waals surface area contributed by atoms with Crippen molar-refractivity contribution in [2.75, 3.05) is 36.5 Å². The number of para-hydroxylation sites is 2. The van der Waals surface area contributed by atoms with Gasteiger partial charge in [0.1, 0.15) is 12.1 Å². The summed E-state index contributed by atoms with van der Waals surface area (Å²) in [4.78, 5) is 29.3. The summed E-state index contributed by atoms with van der Waals surface area (Å²) >= 11 is 1.65. The largest absolute Gasteiger partial charge is 0.378 e. The molecule has 9 heteroatoms. The second-order valence-electron chi connectivity index (χ2n) is 7.66. The van der Waals surface area contributed by atoms with Gasteiger partial charge in [0.25, 0.3) is 5.56 Å². The number of thiophene rings is 1. The molecule has 0 radical (unpaired) electrons. The van der Waals surface area contributed by atoms with Crippen molar-refractivity contribution in [2.45, 2.75) is 13.5 Å². The van der Waals surface area contributed by atoms with Crippen LogP contribution in [0.5, 0.6) is 0 Å². The predicted octanol–water partition coefficient (Wildman–Crippen LogP) is 2.73. The van der Waals surface area contributed by atoms with Gasteiger partial charge in [0.15, 0.2) is 0 Å². The summed E-state index contributed by atoms with van der Waals surface area (Å²) in [6, 6.07) is 9.75. The Bertz CT molecular complexity index is 1350. The van der Waals surface area contributed by atoms with Crippen LogP contribution in [0.15, 0.2) is 41.3 Å². The lowest BCUT2D eigenvalue weighted by molar-refractivity contribution is -0.117. The molecule has 1 fully saturated rings. The third kappa shape index (κ3) is 3.49. The molecule has 0 saturated carbocycles. The number of carbonyl (C=O) groups excluding carboxylic acids is 1. The Morgan fingerprint density at radius 2 is 2.03 bits per heavy atom. The van der Waals surface area contributed by atoms with Crippen LogP contribution in [0.25, 0.3) is 21.1 Å². The molecule has 4 aromatic rings. The molecule has 0 spiro atoms. The molecule has 1 aliphatic rings. The number of benzene rings is 1. The lowest BCUT2D eigenvalue weighted by Crippen LogP contribution is -2.37. The van der Waals surface area contributed by atoms with Gasteiger partial charge in [0, 0.05) is 30.4 Å². The SMILES string of the molecule is Cc1cc2c(s1)c1cnn(CC(=O)Nc3ccccc3N3CCOCC3)c(=O)c1n2C. The molecular weight excluding hydrogens is 414 g/mol. The van der Waals surface area contributed by atoms with Gasteiger partial charge >= 0.3 is 0 Å². The van der Waals surface area contributed by atoms with Crippen molar-refractivity contribution in [3.63, 3.8) is 0 Å². The van der Waals surface area contributed by atoms with Crippen molar-refractivity contribution >= 4 is 49.7 Å². The van der Waals surface area contributed by atoms with Gasteiger partial charge in [0.2, 0.25) is 5.91 Å². The molecule has 0 unspecified atom stereocenters. The number of rotatable bonds is 4. The van der Waals surface area contributed by atoms with Gasteiger partial charge in [0.05, 0.1) is 41.0 Å². The number of carbonyl (C=O) groups is 1. The van der Waals surface area contributed by atoms with Gasteiger partial charge in [-0.05, 0) is 25.1 Å². The Balaban J connectivity index is 1.42. The van der Waals surface area contributed by atoms with Crippen molar-refractivity contribution in [3.8, 4) is 0 Å². The van der Waals surface area contributed by atoms with E-state index in [-0.39, 0.29) is 18.0 Å². The third-order valence-electron chi connectivity index (χ3n) is 5.62.